The van der Waals surface area contributed by atoms with E-state index < -0.39 is 23.2 Å². The SMILES string of the molecule is CC(=C/C=C1C(C)(C)CC(O)CC1(C)O)/C=C/C=C(C)/C=C/C=C/C(C)=C/[CH+]/C=C(C)/C([O-])=C/C(=O)C1(C)CC(O)CC1(C)C. The number of aliphatic hydroxyl groups is 3. The molecule has 4 atom stereocenters. The Morgan fingerprint density at radius 2 is 1.33 bits per heavy atom. The van der Waals surface area contributed by atoms with Gasteiger partial charge in [0.15, 0.2) is 5.78 Å². The van der Waals surface area contributed by atoms with Gasteiger partial charge in [0.1, 0.15) is 0 Å². The molecule has 2 aliphatic carbocycles. The topological polar surface area (TPSA) is 101 Å². The van der Waals surface area contributed by atoms with E-state index in [0.29, 0.717) is 31.3 Å². The average molecular weight is 617 g/mol. The van der Waals surface area contributed by atoms with Gasteiger partial charge in [0.2, 0.25) is 0 Å². The minimum atomic E-state index is -1.02. The second-order valence-corrected chi connectivity index (χ2v) is 14.8. The van der Waals surface area contributed by atoms with Crippen molar-refractivity contribution in [3.63, 3.8) is 0 Å². The zero-order valence-electron chi connectivity index (χ0n) is 29.1. The molecular weight excluding hydrogens is 560 g/mol. The van der Waals surface area contributed by atoms with Crippen LogP contribution in [0.3, 0.4) is 0 Å². The molecule has 0 aromatic carbocycles. The summed E-state index contributed by atoms with van der Waals surface area (Å²) >= 11 is 0. The standard InChI is InChI=1S/C40H56O5/c1-28(17-13-18-30(3)21-22-35-37(5,6)24-32(41)27-40(35,10)45)15-11-12-16-29(2)19-14-20-31(4)34(43)23-36(44)39(9)26-33(42)25-38(39,7)8/h11-23,32-33,41-42,45H,24-27H2,1-10H3/b15-11+,16-12+,18-13+,28-17+,29-19+,30-21-,31-20+,35-22?. The molecule has 0 amide bonds. The molecule has 2 rings (SSSR count). The molecule has 0 heterocycles. The molecular formula is C40H56O5. The molecule has 2 aliphatic rings. The van der Waals surface area contributed by atoms with Crippen LogP contribution >= 0.6 is 0 Å². The fourth-order valence-corrected chi connectivity index (χ4v) is 6.51. The van der Waals surface area contributed by atoms with Crippen molar-refractivity contribution in [1.29, 1.82) is 0 Å². The van der Waals surface area contributed by atoms with Crippen LogP contribution in [0.2, 0.25) is 0 Å². The van der Waals surface area contributed by atoms with Gasteiger partial charge in [0.05, 0.1) is 17.8 Å². The van der Waals surface area contributed by atoms with Gasteiger partial charge in [-0.1, -0.05) is 88.3 Å². The summed E-state index contributed by atoms with van der Waals surface area (Å²) in [6, 6.07) is 0. The monoisotopic (exact) mass is 616 g/mol. The second kappa shape index (κ2) is 15.4. The van der Waals surface area contributed by atoms with Gasteiger partial charge in [-0.3, -0.25) is 4.79 Å². The largest absolute Gasteiger partial charge is 0.862 e. The van der Waals surface area contributed by atoms with Gasteiger partial charge in [-0.15, -0.1) is 0 Å². The van der Waals surface area contributed by atoms with E-state index in [-0.39, 0.29) is 22.4 Å². The number of carbonyl (C=O) groups is 1. The van der Waals surface area contributed by atoms with E-state index in [4.69, 9.17) is 0 Å². The molecule has 0 spiro atoms. The van der Waals surface area contributed by atoms with E-state index >= 15 is 0 Å². The van der Waals surface area contributed by atoms with E-state index in [2.05, 4.69) is 13.8 Å². The molecule has 0 saturated heterocycles. The summed E-state index contributed by atoms with van der Waals surface area (Å²) in [7, 11) is 0. The molecule has 246 valence electrons. The first-order valence-corrected chi connectivity index (χ1v) is 16.0. The van der Waals surface area contributed by atoms with Crippen molar-refractivity contribution >= 4 is 5.78 Å². The first-order chi connectivity index (χ1) is 20.7. The van der Waals surface area contributed by atoms with E-state index in [0.717, 1.165) is 22.3 Å². The number of allylic oxidation sites excluding steroid dienone is 16. The smallest absolute Gasteiger partial charge is 0.162 e. The Morgan fingerprint density at radius 3 is 1.91 bits per heavy atom. The van der Waals surface area contributed by atoms with Gasteiger partial charge in [0.25, 0.3) is 0 Å². The van der Waals surface area contributed by atoms with Crippen LogP contribution in [0, 0.1) is 22.7 Å². The third-order valence-electron chi connectivity index (χ3n) is 9.53. The minimum Gasteiger partial charge on any atom is -0.862 e. The molecule has 2 fully saturated rings. The Bertz CT molecular complexity index is 1330. The highest BCUT2D eigenvalue weighted by Crippen LogP contribution is 2.53. The Hall–Kier alpha value is -3.12. The lowest BCUT2D eigenvalue weighted by Crippen LogP contribution is -2.45. The van der Waals surface area contributed by atoms with Crippen molar-refractivity contribution < 1.29 is 25.2 Å². The van der Waals surface area contributed by atoms with Crippen LogP contribution in [0.25, 0.3) is 0 Å². The van der Waals surface area contributed by atoms with Crippen molar-refractivity contribution in [1.82, 2.24) is 0 Å². The lowest BCUT2D eigenvalue weighted by atomic mass is 9.65. The molecule has 3 N–H and O–H groups in total. The van der Waals surface area contributed by atoms with Crippen LogP contribution in [0.4, 0.5) is 0 Å². The molecule has 5 nitrogen and oxygen atoms in total. The number of aliphatic hydroxyl groups excluding tert-OH is 2. The van der Waals surface area contributed by atoms with E-state index in [1.165, 1.54) is 6.08 Å². The summed E-state index contributed by atoms with van der Waals surface area (Å²) in [5, 5.41) is 43.8. The van der Waals surface area contributed by atoms with Crippen LogP contribution < -0.4 is 5.11 Å². The molecule has 4 unspecified atom stereocenters. The van der Waals surface area contributed by atoms with Crippen molar-refractivity contribution in [3.8, 4) is 0 Å². The quantitative estimate of drug-likeness (QED) is 0.0966. The average Bonchev–Trinajstić information content (AvgIpc) is 3.11. The Balaban J connectivity index is 1.92. The zero-order chi connectivity index (χ0) is 34.2. The van der Waals surface area contributed by atoms with Crippen LogP contribution in [0.15, 0.2) is 107 Å². The first-order valence-electron chi connectivity index (χ1n) is 16.0. The summed E-state index contributed by atoms with van der Waals surface area (Å²) in [5.41, 5.74) is 2.19. The van der Waals surface area contributed by atoms with Crippen molar-refractivity contribution in [2.75, 3.05) is 0 Å². The maximum atomic E-state index is 13.0. The molecule has 45 heavy (non-hydrogen) atoms. The Morgan fingerprint density at radius 1 is 0.778 bits per heavy atom. The minimum absolute atomic E-state index is 0.219. The Kier molecular flexibility index (Phi) is 13.1. The van der Waals surface area contributed by atoms with E-state index in [1.807, 2.05) is 102 Å². The molecule has 0 bridgehead atoms. The number of ketones is 1. The van der Waals surface area contributed by atoms with Gasteiger partial charge in [0, 0.05) is 55.4 Å². The third kappa shape index (κ3) is 10.7. The highest BCUT2D eigenvalue weighted by atomic mass is 16.3. The molecule has 5 heteroatoms. The van der Waals surface area contributed by atoms with Gasteiger partial charge < -0.3 is 20.4 Å². The summed E-state index contributed by atoms with van der Waals surface area (Å²) in [4.78, 5) is 13.0. The lowest BCUT2D eigenvalue weighted by Gasteiger charge is -2.45. The second-order valence-electron chi connectivity index (χ2n) is 14.8. The summed E-state index contributed by atoms with van der Waals surface area (Å²) in [6.07, 6.45) is 25.5. The molecule has 0 aliphatic heterocycles. The molecule has 0 aromatic rings. The maximum Gasteiger partial charge on any atom is 0.162 e. The van der Waals surface area contributed by atoms with Crippen molar-refractivity contribution in [3.05, 3.63) is 113 Å². The third-order valence-corrected chi connectivity index (χ3v) is 9.53. The van der Waals surface area contributed by atoms with Crippen molar-refractivity contribution in [2.24, 2.45) is 16.2 Å². The van der Waals surface area contributed by atoms with Gasteiger partial charge in [-0.25, -0.2) is 0 Å². The normalized spacial score (nSPS) is 31.1. The predicted molar refractivity (Wildman–Crippen MR) is 185 cm³/mol. The molecule has 0 radical (unpaired) electrons. The molecule has 2 saturated carbocycles. The summed E-state index contributed by atoms with van der Waals surface area (Å²) in [6.45, 7) is 19.4. The fourth-order valence-electron chi connectivity index (χ4n) is 6.51. The number of hydrogen-bond acceptors (Lipinski definition) is 5. The van der Waals surface area contributed by atoms with Crippen LogP contribution in [0.5, 0.6) is 0 Å². The molecule has 0 aromatic heterocycles. The fraction of sp³-hybridized carbons (Fsp3) is 0.500. The Labute approximate surface area is 272 Å². The number of rotatable bonds is 11. The lowest BCUT2D eigenvalue weighted by molar-refractivity contribution is -0.297. The maximum absolute atomic E-state index is 13.0. The number of hydrogen-bond donors (Lipinski definition) is 3. The highest BCUT2D eigenvalue weighted by molar-refractivity contribution is 5.96. The summed E-state index contributed by atoms with van der Waals surface area (Å²) < 4.78 is 0. The predicted octanol–water partition coefficient (Wildman–Crippen LogP) is 7.50. The summed E-state index contributed by atoms with van der Waals surface area (Å²) in [5.74, 6) is -0.524. The highest BCUT2D eigenvalue weighted by Gasteiger charge is 2.53. The number of carbonyl (C=O) groups excluding carboxylic acids is 1. The van der Waals surface area contributed by atoms with E-state index in [9.17, 15) is 25.2 Å². The van der Waals surface area contributed by atoms with Gasteiger partial charge in [-0.2, -0.15) is 0 Å². The van der Waals surface area contributed by atoms with Crippen LogP contribution in [-0.2, 0) is 4.79 Å². The van der Waals surface area contributed by atoms with Crippen LogP contribution in [-0.4, -0.2) is 38.9 Å². The van der Waals surface area contributed by atoms with E-state index in [1.54, 1.807) is 26.3 Å². The van der Waals surface area contributed by atoms with Gasteiger partial charge >= 0.3 is 0 Å². The zero-order valence-corrected chi connectivity index (χ0v) is 29.1. The van der Waals surface area contributed by atoms with Gasteiger partial charge in [-0.05, 0) is 80.4 Å². The first kappa shape index (κ1) is 38.1. The van der Waals surface area contributed by atoms with Crippen LogP contribution in [0.1, 0.15) is 94.9 Å². The van der Waals surface area contributed by atoms with Crippen molar-refractivity contribution in [2.45, 2.75) is 113 Å².